The standard InChI is InChI=1S/C15H26N2/c1-13(12-17(3)14(2)11-16)9-10-15-7-5-4-6-8-15/h4-8,13-14H,9-12,16H2,1-3H3/t13-,14-/m0/s1. The predicted octanol–water partition coefficient (Wildman–Crippen LogP) is 2.53. The lowest BCUT2D eigenvalue weighted by Gasteiger charge is -2.26. The van der Waals surface area contributed by atoms with Crippen molar-refractivity contribution >= 4 is 0 Å². The van der Waals surface area contributed by atoms with Crippen molar-refractivity contribution in [3.8, 4) is 0 Å². The number of hydrogen-bond acceptors (Lipinski definition) is 2. The molecule has 0 bridgehead atoms. The number of likely N-dealkylation sites (N-methyl/N-ethyl adjacent to an activating group) is 1. The second-order valence-electron chi connectivity index (χ2n) is 5.15. The number of rotatable bonds is 7. The van der Waals surface area contributed by atoms with E-state index in [0.29, 0.717) is 12.0 Å². The van der Waals surface area contributed by atoms with Crippen LogP contribution < -0.4 is 5.73 Å². The smallest absolute Gasteiger partial charge is 0.0187 e. The highest BCUT2D eigenvalue weighted by Crippen LogP contribution is 2.11. The molecule has 0 saturated heterocycles. The average Bonchev–Trinajstić information content (AvgIpc) is 2.36. The van der Waals surface area contributed by atoms with E-state index in [-0.39, 0.29) is 0 Å². The fourth-order valence-corrected chi connectivity index (χ4v) is 2.00. The summed E-state index contributed by atoms with van der Waals surface area (Å²) in [5.41, 5.74) is 7.11. The zero-order chi connectivity index (χ0) is 12.7. The first kappa shape index (κ1) is 14.2. The molecule has 0 aromatic heterocycles. The first-order valence-corrected chi connectivity index (χ1v) is 6.57. The second kappa shape index (κ2) is 7.46. The highest BCUT2D eigenvalue weighted by Gasteiger charge is 2.11. The molecule has 2 atom stereocenters. The van der Waals surface area contributed by atoms with Gasteiger partial charge in [-0.2, -0.15) is 0 Å². The van der Waals surface area contributed by atoms with E-state index in [9.17, 15) is 0 Å². The van der Waals surface area contributed by atoms with Crippen molar-refractivity contribution in [2.75, 3.05) is 20.1 Å². The van der Waals surface area contributed by atoms with Gasteiger partial charge in [-0.25, -0.2) is 0 Å². The van der Waals surface area contributed by atoms with Crippen molar-refractivity contribution in [3.63, 3.8) is 0 Å². The SMILES string of the molecule is C[C@@H](CCc1ccccc1)CN(C)[C@@H](C)CN. The predicted molar refractivity (Wildman–Crippen MR) is 75.1 cm³/mol. The molecule has 2 heteroatoms. The van der Waals surface area contributed by atoms with Crippen LogP contribution in [0.15, 0.2) is 30.3 Å². The number of benzene rings is 1. The van der Waals surface area contributed by atoms with Crippen molar-refractivity contribution in [1.82, 2.24) is 4.90 Å². The maximum atomic E-state index is 5.67. The van der Waals surface area contributed by atoms with Crippen molar-refractivity contribution in [1.29, 1.82) is 0 Å². The third kappa shape index (κ3) is 5.33. The van der Waals surface area contributed by atoms with E-state index >= 15 is 0 Å². The lowest BCUT2D eigenvalue weighted by Crippen LogP contribution is -2.38. The van der Waals surface area contributed by atoms with Crippen molar-refractivity contribution < 1.29 is 0 Å². The second-order valence-corrected chi connectivity index (χ2v) is 5.15. The number of hydrogen-bond donors (Lipinski definition) is 1. The van der Waals surface area contributed by atoms with Crippen molar-refractivity contribution in [2.45, 2.75) is 32.7 Å². The third-order valence-corrected chi connectivity index (χ3v) is 3.46. The Labute approximate surface area is 106 Å². The van der Waals surface area contributed by atoms with Crippen LogP contribution >= 0.6 is 0 Å². The molecule has 0 spiro atoms. The molecule has 1 rings (SSSR count). The van der Waals surface area contributed by atoms with Gasteiger partial charge in [0, 0.05) is 19.1 Å². The summed E-state index contributed by atoms with van der Waals surface area (Å²) in [6, 6.07) is 11.2. The molecule has 0 aliphatic carbocycles. The fraction of sp³-hybridized carbons (Fsp3) is 0.600. The first-order chi connectivity index (χ1) is 8.13. The van der Waals surface area contributed by atoms with Gasteiger partial charge in [0.2, 0.25) is 0 Å². The topological polar surface area (TPSA) is 29.3 Å². The van der Waals surface area contributed by atoms with Crippen LogP contribution in [0.1, 0.15) is 25.8 Å². The molecule has 0 aliphatic rings. The molecule has 0 aliphatic heterocycles. The molecular weight excluding hydrogens is 208 g/mol. The lowest BCUT2D eigenvalue weighted by atomic mass is 10.0. The van der Waals surface area contributed by atoms with Gasteiger partial charge < -0.3 is 10.6 Å². The van der Waals surface area contributed by atoms with Crippen LogP contribution in [0, 0.1) is 5.92 Å². The molecule has 96 valence electrons. The van der Waals surface area contributed by atoms with E-state index in [1.165, 1.54) is 18.4 Å². The molecule has 0 heterocycles. The molecule has 2 nitrogen and oxygen atoms in total. The van der Waals surface area contributed by atoms with Crippen LogP contribution in [0.2, 0.25) is 0 Å². The Bertz CT molecular complexity index is 297. The van der Waals surface area contributed by atoms with Gasteiger partial charge in [0.25, 0.3) is 0 Å². The summed E-state index contributed by atoms with van der Waals surface area (Å²) in [5, 5.41) is 0. The molecule has 0 saturated carbocycles. The quantitative estimate of drug-likeness (QED) is 0.785. The van der Waals surface area contributed by atoms with Crippen molar-refractivity contribution in [2.24, 2.45) is 11.7 Å². The molecule has 0 unspecified atom stereocenters. The third-order valence-electron chi connectivity index (χ3n) is 3.46. The molecule has 0 fully saturated rings. The van der Waals surface area contributed by atoms with Crippen LogP contribution in [-0.4, -0.2) is 31.1 Å². The van der Waals surface area contributed by atoms with Crippen LogP contribution in [0.25, 0.3) is 0 Å². The van der Waals surface area contributed by atoms with Gasteiger partial charge in [-0.05, 0) is 38.3 Å². The average molecular weight is 234 g/mol. The summed E-state index contributed by atoms with van der Waals surface area (Å²) >= 11 is 0. The summed E-state index contributed by atoms with van der Waals surface area (Å²) in [5.74, 6) is 0.717. The van der Waals surface area contributed by atoms with Gasteiger partial charge in [-0.1, -0.05) is 37.3 Å². The van der Waals surface area contributed by atoms with Crippen LogP contribution in [0.4, 0.5) is 0 Å². The summed E-state index contributed by atoms with van der Waals surface area (Å²) in [7, 11) is 2.16. The van der Waals surface area contributed by atoms with E-state index in [4.69, 9.17) is 5.73 Å². The molecule has 17 heavy (non-hydrogen) atoms. The molecule has 0 radical (unpaired) electrons. The van der Waals surface area contributed by atoms with E-state index < -0.39 is 0 Å². The van der Waals surface area contributed by atoms with Crippen LogP contribution in [0.5, 0.6) is 0 Å². The van der Waals surface area contributed by atoms with Gasteiger partial charge in [-0.15, -0.1) is 0 Å². The zero-order valence-electron chi connectivity index (χ0n) is 11.4. The van der Waals surface area contributed by atoms with Gasteiger partial charge in [0.15, 0.2) is 0 Å². The Morgan fingerprint density at radius 1 is 1.18 bits per heavy atom. The fourth-order valence-electron chi connectivity index (χ4n) is 2.00. The molecule has 1 aromatic rings. The largest absolute Gasteiger partial charge is 0.329 e. The molecule has 1 aromatic carbocycles. The number of nitrogens with two attached hydrogens (primary N) is 1. The van der Waals surface area contributed by atoms with Gasteiger partial charge in [0.05, 0.1) is 0 Å². The number of aryl methyl sites for hydroxylation is 1. The van der Waals surface area contributed by atoms with E-state index in [2.05, 4.69) is 56.1 Å². The molecule has 0 amide bonds. The summed E-state index contributed by atoms with van der Waals surface area (Å²) in [6.45, 7) is 6.37. The van der Waals surface area contributed by atoms with Crippen molar-refractivity contribution in [3.05, 3.63) is 35.9 Å². The van der Waals surface area contributed by atoms with E-state index in [1.54, 1.807) is 0 Å². The Hall–Kier alpha value is -0.860. The zero-order valence-corrected chi connectivity index (χ0v) is 11.4. The van der Waals surface area contributed by atoms with Gasteiger partial charge >= 0.3 is 0 Å². The Morgan fingerprint density at radius 2 is 1.82 bits per heavy atom. The summed E-state index contributed by atoms with van der Waals surface area (Å²) in [4.78, 5) is 2.36. The van der Waals surface area contributed by atoms with E-state index in [1.807, 2.05) is 0 Å². The lowest BCUT2D eigenvalue weighted by molar-refractivity contribution is 0.224. The minimum atomic E-state index is 0.481. The Kier molecular flexibility index (Phi) is 6.23. The summed E-state index contributed by atoms with van der Waals surface area (Å²) < 4.78 is 0. The number of nitrogens with zero attached hydrogens (tertiary/aromatic N) is 1. The Balaban J connectivity index is 2.28. The van der Waals surface area contributed by atoms with Crippen LogP contribution in [-0.2, 0) is 6.42 Å². The maximum absolute atomic E-state index is 5.67. The Morgan fingerprint density at radius 3 is 2.41 bits per heavy atom. The minimum Gasteiger partial charge on any atom is -0.329 e. The highest BCUT2D eigenvalue weighted by atomic mass is 15.1. The van der Waals surface area contributed by atoms with Gasteiger partial charge in [0.1, 0.15) is 0 Å². The normalized spacial score (nSPS) is 14.9. The minimum absolute atomic E-state index is 0.481. The maximum Gasteiger partial charge on any atom is 0.0187 e. The molecule has 2 N–H and O–H groups in total. The first-order valence-electron chi connectivity index (χ1n) is 6.57. The monoisotopic (exact) mass is 234 g/mol. The highest BCUT2D eigenvalue weighted by molar-refractivity contribution is 5.14. The summed E-state index contributed by atoms with van der Waals surface area (Å²) in [6.07, 6.45) is 2.42. The molecular formula is C15H26N2. The van der Waals surface area contributed by atoms with Gasteiger partial charge in [-0.3, -0.25) is 0 Å². The van der Waals surface area contributed by atoms with Crippen LogP contribution in [0.3, 0.4) is 0 Å². The van der Waals surface area contributed by atoms with E-state index in [0.717, 1.165) is 13.1 Å².